The minimum atomic E-state index is -1.68. The molecular formula is C17H21NO5. The van der Waals surface area contributed by atoms with Crippen molar-refractivity contribution in [3.8, 4) is 11.5 Å². The van der Waals surface area contributed by atoms with Crippen molar-refractivity contribution in [3.63, 3.8) is 0 Å². The van der Waals surface area contributed by atoms with E-state index in [2.05, 4.69) is 0 Å². The molecule has 0 bridgehead atoms. The average Bonchev–Trinajstić information content (AvgIpc) is 3.14. The molecule has 6 heteroatoms. The first kappa shape index (κ1) is 14.9. The Labute approximate surface area is 134 Å². The van der Waals surface area contributed by atoms with Gasteiger partial charge < -0.3 is 19.3 Å². The van der Waals surface area contributed by atoms with Gasteiger partial charge in [0.1, 0.15) is 0 Å². The molecule has 3 aliphatic rings. The SMILES string of the molecule is COc1ccc(C23CCC(=O)C4(O)OC42N(C)CC3)cc1OC. The number of aliphatic hydroxyl groups is 1. The number of carbonyl (C=O) groups is 1. The smallest absolute Gasteiger partial charge is 0.273 e. The molecule has 0 amide bonds. The summed E-state index contributed by atoms with van der Waals surface area (Å²) < 4.78 is 16.5. The van der Waals surface area contributed by atoms with Crippen LogP contribution in [0, 0.1) is 0 Å². The number of epoxide rings is 1. The fourth-order valence-corrected chi connectivity index (χ4v) is 4.65. The van der Waals surface area contributed by atoms with Gasteiger partial charge in [0, 0.05) is 18.4 Å². The van der Waals surface area contributed by atoms with Crippen LogP contribution in [0.5, 0.6) is 11.5 Å². The molecule has 4 rings (SSSR count). The Morgan fingerprint density at radius 1 is 1.22 bits per heavy atom. The number of methoxy groups -OCH3 is 2. The molecule has 2 saturated heterocycles. The van der Waals surface area contributed by atoms with Gasteiger partial charge in [0.2, 0.25) is 0 Å². The predicted octanol–water partition coefficient (Wildman–Crippen LogP) is 1.06. The fourth-order valence-electron chi connectivity index (χ4n) is 4.65. The Kier molecular flexibility index (Phi) is 2.90. The normalized spacial score (nSPS) is 38.9. The number of likely N-dealkylation sites (tertiary alicyclic amines) is 1. The number of likely N-dealkylation sites (N-methyl/N-ethyl adjacent to an activating group) is 1. The van der Waals surface area contributed by atoms with Crippen molar-refractivity contribution in [2.45, 2.75) is 36.2 Å². The summed E-state index contributed by atoms with van der Waals surface area (Å²) in [6, 6.07) is 5.80. The summed E-state index contributed by atoms with van der Waals surface area (Å²) in [5.74, 6) is -0.594. The summed E-state index contributed by atoms with van der Waals surface area (Å²) in [7, 11) is 5.10. The lowest BCUT2D eigenvalue weighted by Crippen LogP contribution is -2.56. The molecule has 1 aromatic rings. The maximum Gasteiger partial charge on any atom is 0.273 e. The van der Waals surface area contributed by atoms with Gasteiger partial charge in [0.05, 0.1) is 14.2 Å². The van der Waals surface area contributed by atoms with Gasteiger partial charge in [0.15, 0.2) is 23.0 Å². The molecule has 0 radical (unpaired) electrons. The highest BCUT2D eigenvalue weighted by Crippen LogP contribution is 2.68. The Balaban J connectivity index is 1.86. The van der Waals surface area contributed by atoms with Gasteiger partial charge in [-0.2, -0.15) is 0 Å². The molecule has 1 spiro atoms. The van der Waals surface area contributed by atoms with Crippen molar-refractivity contribution in [1.29, 1.82) is 0 Å². The molecule has 3 unspecified atom stereocenters. The molecule has 1 saturated carbocycles. The monoisotopic (exact) mass is 319 g/mol. The maximum absolute atomic E-state index is 12.2. The number of hydrogen-bond acceptors (Lipinski definition) is 6. The van der Waals surface area contributed by atoms with E-state index in [4.69, 9.17) is 14.2 Å². The van der Waals surface area contributed by atoms with Crippen molar-refractivity contribution in [2.75, 3.05) is 27.8 Å². The third kappa shape index (κ3) is 1.51. The predicted molar refractivity (Wildman–Crippen MR) is 81.5 cm³/mol. The molecule has 1 aliphatic carbocycles. The van der Waals surface area contributed by atoms with Crippen LogP contribution in [0.25, 0.3) is 0 Å². The van der Waals surface area contributed by atoms with Crippen LogP contribution in [0.15, 0.2) is 18.2 Å². The molecule has 1 N–H and O–H groups in total. The summed E-state index contributed by atoms with van der Waals surface area (Å²) in [4.78, 5) is 14.2. The highest BCUT2D eigenvalue weighted by atomic mass is 16.8. The molecule has 3 fully saturated rings. The van der Waals surface area contributed by atoms with Crippen LogP contribution >= 0.6 is 0 Å². The molecule has 2 aliphatic heterocycles. The standard InChI is InChI=1S/C17H21NO5/c1-18-9-8-15(7-6-14(19)16(20)17(15,18)23-16)11-4-5-12(21-2)13(10-11)22-3/h4-5,10,20H,6-9H2,1-3H3. The Hall–Kier alpha value is -1.63. The van der Waals surface area contributed by atoms with Gasteiger partial charge >= 0.3 is 0 Å². The molecule has 23 heavy (non-hydrogen) atoms. The third-order valence-electron chi connectivity index (χ3n) is 5.87. The van der Waals surface area contributed by atoms with E-state index in [1.165, 1.54) is 0 Å². The van der Waals surface area contributed by atoms with Crippen LogP contribution in [0.4, 0.5) is 0 Å². The zero-order valence-electron chi connectivity index (χ0n) is 13.6. The van der Waals surface area contributed by atoms with Gasteiger partial charge in [-0.05, 0) is 37.6 Å². The molecule has 3 atom stereocenters. The Morgan fingerprint density at radius 2 is 1.96 bits per heavy atom. The summed E-state index contributed by atoms with van der Waals surface area (Å²) in [6.45, 7) is 0.768. The number of rotatable bonds is 3. The second kappa shape index (κ2) is 4.47. The summed E-state index contributed by atoms with van der Waals surface area (Å²) in [6.07, 6.45) is 1.81. The minimum Gasteiger partial charge on any atom is -0.493 e. The Morgan fingerprint density at radius 3 is 2.65 bits per heavy atom. The van der Waals surface area contributed by atoms with Gasteiger partial charge in [-0.25, -0.2) is 0 Å². The lowest BCUT2D eigenvalue weighted by Gasteiger charge is -2.39. The van der Waals surface area contributed by atoms with E-state index in [9.17, 15) is 9.90 Å². The molecule has 6 nitrogen and oxygen atoms in total. The topological polar surface area (TPSA) is 71.5 Å². The van der Waals surface area contributed by atoms with E-state index in [1.807, 2.05) is 30.1 Å². The van der Waals surface area contributed by atoms with E-state index < -0.39 is 16.9 Å². The highest BCUT2D eigenvalue weighted by molar-refractivity contribution is 5.92. The van der Waals surface area contributed by atoms with Crippen LogP contribution in [0.3, 0.4) is 0 Å². The van der Waals surface area contributed by atoms with Crippen LogP contribution in [-0.2, 0) is 14.9 Å². The molecule has 2 heterocycles. The number of carbonyl (C=O) groups excluding carboxylic acids is 1. The largest absolute Gasteiger partial charge is 0.493 e. The number of ketones is 1. The van der Waals surface area contributed by atoms with Crippen molar-refractivity contribution >= 4 is 5.78 Å². The van der Waals surface area contributed by atoms with Crippen LogP contribution < -0.4 is 9.47 Å². The van der Waals surface area contributed by atoms with Gasteiger partial charge in [0.25, 0.3) is 5.79 Å². The number of Topliss-reactive ketones (excluding diaryl/α,β-unsaturated/α-hetero) is 1. The van der Waals surface area contributed by atoms with Crippen LogP contribution in [0.1, 0.15) is 24.8 Å². The van der Waals surface area contributed by atoms with Crippen LogP contribution in [-0.4, -0.2) is 55.1 Å². The van der Waals surface area contributed by atoms with Gasteiger partial charge in [-0.3, -0.25) is 9.69 Å². The first-order valence-electron chi connectivity index (χ1n) is 7.85. The van der Waals surface area contributed by atoms with Crippen molar-refractivity contribution in [1.82, 2.24) is 4.90 Å². The maximum atomic E-state index is 12.2. The number of benzene rings is 1. The van der Waals surface area contributed by atoms with E-state index >= 15 is 0 Å². The second-order valence-corrected chi connectivity index (χ2v) is 6.64. The third-order valence-corrected chi connectivity index (χ3v) is 5.87. The fraction of sp³-hybridized carbons (Fsp3) is 0.588. The summed E-state index contributed by atoms with van der Waals surface area (Å²) in [5, 5.41) is 10.7. The van der Waals surface area contributed by atoms with Crippen molar-refractivity contribution in [3.05, 3.63) is 23.8 Å². The molecule has 0 aromatic heterocycles. The van der Waals surface area contributed by atoms with Crippen LogP contribution in [0.2, 0.25) is 0 Å². The zero-order valence-corrected chi connectivity index (χ0v) is 13.6. The number of nitrogens with zero attached hydrogens (tertiary/aromatic N) is 1. The van der Waals surface area contributed by atoms with Crippen molar-refractivity contribution in [2.24, 2.45) is 0 Å². The van der Waals surface area contributed by atoms with E-state index in [-0.39, 0.29) is 5.78 Å². The minimum absolute atomic E-state index is 0.220. The van der Waals surface area contributed by atoms with Crippen molar-refractivity contribution < 1.29 is 24.1 Å². The molecular weight excluding hydrogens is 298 g/mol. The first-order valence-corrected chi connectivity index (χ1v) is 7.85. The van der Waals surface area contributed by atoms with E-state index in [1.54, 1.807) is 14.2 Å². The average molecular weight is 319 g/mol. The summed E-state index contributed by atoms with van der Waals surface area (Å²) >= 11 is 0. The quantitative estimate of drug-likeness (QED) is 0.840. The Bertz CT molecular complexity index is 692. The zero-order chi connectivity index (χ0) is 16.5. The lowest BCUT2D eigenvalue weighted by molar-refractivity contribution is -0.139. The highest BCUT2D eigenvalue weighted by Gasteiger charge is 2.87. The van der Waals surface area contributed by atoms with Gasteiger partial charge in [-0.1, -0.05) is 6.07 Å². The second-order valence-electron chi connectivity index (χ2n) is 6.64. The first-order chi connectivity index (χ1) is 10.9. The molecule has 1 aromatic carbocycles. The van der Waals surface area contributed by atoms with E-state index in [0.717, 1.165) is 18.5 Å². The summed E-state index contributed by atoms with van der Waals surface area (Å²) in [5.41, 5.74) is -0.346. The lowest BCUT2D eigenvalue weighted by atomic mass is 9.64. The van der Waals surface area contributed by atoms with Gasteiger partial charge in [-0.15, -0.1) is 0 Å². The number of hydrogen-bond donors (Lipinski definition) is 1. The van der Waals surface area contributed by atoms with E-state index in [0.29, 0.717) is 24.3 Å². The molecule has 124 valence electrons. The number of ether oxygens (including phenoxy) is 3.